The second-order valence-corrected chi connectivity index (χ2v) is 4.60. The molecule has 0 aliphatic heterocycles. The number of nitrogens with zero attached hydrogens (tertiary/aromatic N) is 2. The number of hydrogen-bond acceptors (Lipinski definition) is 5. The van der Waals surface area contributed by atoms with Crippen LogP contribution in [0.3, 0.4) is 0 Å². The molecule has 1 rings (SSSR count). The zero-order valence-corrected chi connectivity index (χ0v) is 8.13. The predicted molar refractivity (Wildman–Crippen MR) is 48.2 cm³/mol. The lowest BCUT2D eigenvalue weighted by Crippen LogP contribution is -2.37. The van der Waals surface area contributed by atoms with E-state index >= 15 is 0 Å². The minimum absolute atomic E-state index is 0.311. The van der Waals surface area contributed by atoms with Crippen LogP contribution >= 0.6 is 7.60 Å². The van der Waals surface area contributed by atoms with Gasteiger partial charge in [0.2, 0.25) is 0 Å². The van der Waals surface area contributed by atoms with Gasteiger partial charge in [-0.05, 0) is 0 Å². The van der Waals surface area contributed by atoms with E-state index in [1.165, 1.54) is 6.33 Å². The summed E-state index contributed by atoms with van der Waals surface area (Å²) in [6.07, 6.45) is 0.772. The number of rotatable bonds is 4. The van der Waals surface area contributed by atoms with Crippen LogP contribution in [-0.4, -0.2) is 37.2 Å². The first-order chi connectivity index (χ1) is 6.40. The zero-order valence-electron chi connectivity index (χ0n) is 7.24. The zero-order chi connectivity index (χ0) is 10.8. The SMILES string of the molecule is N[C@H](c1ncn[nH]1)[C@@H](N)CP(=O)(O)O. The van der Waals surface area contributed by atoms with E-state index in [-0.39, 0.29) is 0 Å². The van der Waals surface area contributed by atoms with Gasteiger partial charge in [-0.25, -0.2) is 4.98 Å². The molecular weight excluding hydrogens is 209 g/mol. The van der Waals surface area contributed by atoms with Crippen LogP contribution in [0.4, 0.5) is 0 Å². The lowest BCUT2D eigenvalue weighted by molar-refractivity contribution is 0.364. The molecule has 0 spiro atoms. The Morgan fingerprint density at radius 2 is 2.21 bits per heavy atom. The Morgan fingerprint density at radius 3 is 2.64 bits per heavy atom. The van der Waals surface area contributed by atoms with Gasteiger partial charge < -0.3 is 21.3 Å². The third-order valence-electron chi connectivity index (χ3n) is 1.66. The predicted octanol–water partition coefficient (Wildman–Crippen LogP) is -1.69. The topological polar surface area (TPSA) is 151 Å². The Kier molecular flexibility index (Phi) is 3.35. The second-order valence-electron chi connectivity index (χ2n) is 2.91. The third-order valence-corrected chi connectivity index (χ3v) is 2.56. The van der Waals surface area contributed by atoms with Crippen molar-refractivity contribution < 1.29 is 14.4 Å². The molecule has 14 heavy (non-hydrogen) atoms. The molecule has 0 fully saturated rings. The van der Waals surface area contributed by atoms with E-state index in [0.29, 0.717) is 5.82 Å². The largest absolute Gasteiger partial charge is 0.327 e. The highest BCUT2D eigenvalue weighted by Crippen LogP contribution is 2.36. The Hall–Kier alpha value is -0.790. The van der Waals surface area contributed by atoms with Crippen molar-refractivity contribution in [1.29, 1.82) is 0 Å². The van der Waals surface area contributed by atoms with Crippen molar-refractivity contribution in [2.24, 2.45) is 11.5 Å². The van der Waals surface area contributed by atoms with E-state index in [9.17, 15) is 4.57 Å². The Morgan fingerprint density at radius 1 is 1.57 bits per heavy atom. The summed E-state index contributed by atoms with van der Waals surface area (Å²) in [6, 6.07) is -1.62. The van der Waals surface area contributed by atoms with Crippen molar-refractivity contribution in [3.05, 3.63) is 12.2 Å². The molecule has 0 aromatic carbocycles. The number of H-pyrrole nitrogens is 1. The lowest BCUT2D eigenvalue weighted by Gasteiger charge is -2.17. The van der Waals surface area contributed by atoms with Gasteiger partial charge in [0.05, 0.1) is 12.2 Å². The van der Waals surface area contributed by atoms with Crippen LogP contribution in [0, 0.1) is 0 Å². The fourth-order valence-corrected chi connectivity index (χ4v) is 1.74. The summed E-state index contributed by atoms with van der Waals surface area (Å²) < 4.78 is 10.6. The number of aromatic amines is 1. The van der Waals surface area contributed by atoms with Crippen LogP contribution < -0.4 is 11.5 Å². The van der Waals surface area contributed by atoms with E-state index in [0.717, 1.165) is 0 Å². The van der Waals surface area contributed by atoms with Crippen LogP contribution in [0.2, 0.25) is 0 Å². The summed E-state index contributed by atoms with van der Waals surface area (Å²) in [5.41, 5.74) is 11.1. The van der Waals surface area contributed by atoms with Crippen LogP contribution in [0.25, 0.3) is 0 Å². The smallest absolute Gasteiger partial charge is 0.325 e. The molecule has 7 N–H and O–H groups in total. The molecule has 0 aliphatic rings. The number of nitrogens with two attached hydrogens (primary N) is 2. The first-order valence-corrected chi connectivity index (χ1v) is 5.61. The number of aromatic nitrogens is 3. The second kappa shape index (κ2) is 4.16. The van der Waals surface area contributed by atoms with E-state index in [1.807, 2.05) is 0 Å². The highest BCUT2D eigenvalue weighted by atomic mass is 31.2. The number of hydrogen-bond donors (Lipinski definition) is 5. The maximum absolute atomic E-state index is 10.6. The van der Waals surface area contributed by atoms with Gasteiger partial charge in [0.15, 0.2) is 0 Å². The molecule has 8 nitrogen and oxygen atoms in total. The fourth-order valence-electron chi connectivity index (χ4n) is 0.967. The quantitative estimate of drug-likeness (QED) is 0.380. The van der Waals surface area contributed by atoms with Gasteiger partial charge in [-0.3, -0.25) is 9.66 Å². The summed E-state index contributed by atoms with van der Waals surface area (Å²) in [7, 11) is -4.14. The van der Waals surface area contributed by atoms with Crippen LogP contribution in [0.1, 0.15) is 11.9 Å². The maximum atomic E-state index is 10.6. The molecule has 0 aliphatic carbocycles. The van der Waals surface area contributed by atoms with E-state index in [2.05, 4.69) is 15.2 Å². The van der Waals surface area contributed by atoms with Gasteiger partial charge >= 0.3 is 7.60 Å². The molecule has 1 heterocycles. The molecule has 0 bridgehead atoms. The normalized spacial score (nSPS) is 16.6. The highest BCUT2D eigenvalue weighted by Gasteiger charge is 2.25. The first-order valence-electron chi connectivity index (χ1n) is 3.81. The van der Waals surface area contributed by atoms with Gasteiger partial charge in [-0.15, -0.1) is 0 Å². The molecule has 2 atom stereocenters. The van der Waals surface area contributed by atoms with Crippen LogP contribution in [-0.2, 0) is 4.57 Å². The summed E-state index contributed by atoms with van der Waals surface area (Å²) in [6.45, 7) is 0. The number of nitrogens with one attached hydrogen (secondary N) is 1. The lowest BCUT2D eigenvalue weighted by atomic mass is 10.1. The van der Waals surface area contributed by atoms with Gasteiger partial charge in [0.25, 0.3) is 0 Å². The van der Waals surface area contributed by atoms with Crippen molar-refractivity contribution in [2.75, 3.05) is 6.16 Å². The molecule has 0 unspecified atom stereocenters. The van der Waals surface area contributed by atoms with E-state index in [4.69, 9.17) is 21.3 Å². The molecule has 0 saturated carbocycles. The molecule has 9 heteroatoms. The third kappa shape index (κ3) is 3.17. The fraction of sp³-hybridized carbons (Fsp3) is 0.600. The van der Waals surface area contributed by atoms with Gasteiger partial charge in [-0.1, -0.05) is 0 Å². The summed E-state index contributed by atoms with van der Waals surface area (Å²) in [5.74, 6) is 0.311. The molecular formula is C5H12N5O3P. The first kappa shape index (κ1) is 11.3. The average Bonchev–Trinajstić information content (AvgIpc) is 2.51. The van der Waals surface area contributed by atoms with Gasteiger partial charge in [-0.2, -0.15) is 5.10 Å². The standard InChI is InChI=1S/C5H12N5O3P/c6-3(1-14(11,12)13)4(7)5-8-2-9-10-5/h2-4H,1,6-7H2,(H,8,9,10)(H2,11,12,13)/t3-,4-/m0/s1. The molecule has 0 amide bonds. The Labute approximate surface area is 79.9 Å². The van der Waals surface area contributed by atoms with Gasteiger partial charge in [0.1, 0.15) is 12.2 Å². The summed E-state index contributed by atoms with van der Waals surface area (Å²) in [4.78, 5) is 21.1. The Bertz CT molecular complexity index is 322. The van der Waals surface area contributed by atoms with Crippen molar-refractivity contribution in [1.82, 2.24) is 15.2 Å². The minimum Gasteiger partial charge on any atom is -0.325 e. The summed E-state index contributed by atoms with van der Waals surface area (Å²) in [5, 5.41) is 6.04. The van der Waals surface area contributed by atoms with E-state index < -0.39 is 25.8 Å². The molecule has 0 saturated heterocycles. The Balaban J connectivity index is 2.62. The summed E-state index contributed by atoms with van der Waals surface area (Å²) >= 11 is 0. The van der Waals surface area contributed by atoms with E-state index in [1.54, 1.807) is 0 Å². The maximum Gasteiger partial charge on any atom is 0.327 e. The minimum atomic E-state index is -4.14. The highest BCUT2D eigenvalue weighted by molar-refractivity contribution is 7.51. The van der Waals surface area contributed by atoms with Crippen molar-refractivity contribution in [3.8, 4) is 0 Å². The molecule has 1 aromatic heterocycles. The van der Waals surface area contributed by atoms with Crippen LogP contribution in [0.15, 0.2) is 6.33 Å². The van der Waals surface area contributed by atoms with Crippen LogP contribution in [0.5, 0.6) is 0 Å². The van der Waals surface area contributed by atoms with Crippen molar-refractivity contribution >= 4 is 7.60 Å². The molecule has 0 radical (unpaired) electrons. The molecule has 80 valence electrons. The van der Waals surface area contributed by atoms with Gasteiger partial charge in [0, 0.05) is 6.04 Å². The van der Waals surface area contributed by atoms with Crippen molar-refractivity contribution in [2.45, 2.75) is 12.1 Å². The van der Waals surface area contributed by atoms with Crippen molar-refractivity contribution in [3.63, 3.8) is 0 Å². The molecule has 1 aromatic rings. The average molecular weight is 221 g/mol. The monoisotopic (exact) mass is 221 g/mol.